The highest BCUT2D eigenvalue weighted by Gasteiger charge is 2.20. The molecule has 0 radical (unpaired) electrons. The van der Waals surface area contributed by atoms with Crippen molar-refractivity contribution in [2.75, 3.05) is 0 Å². The van der Waals surface area contributed by atoms with Gasteiger partial charge in [-0.3, -0.25) is 20.4 Å². The normalized spacial score (nSPS) is 10.5. The van der Waals surface area contributed by atoms with Gasteiger partial charge in [-0.05, 0) is 24.3 Å². The summed E-state index contributed by atoms with van der Waals surface area (Å²) >= 11 is 0. The first-order valence-corrected chi connectivity index (χ1v) is 9.29. The molecule has 0 bridgehead atoms. The Balaban J connectivity index is 1.61. The molecule has 4 aromatic rings. The quantitative estimate of drug-likeness (QED) is 0.494. The van der Waals surface area contributed by atoms with Crippen molar-refractivity contribution in [2.24, 2.45) is 0 Å². The number of para-hydroxylation sites is 1. The Hall–Kier alpha value is -4.33. The minimum atomic E-state index is -1.03. The number of hydrogen-bond donors (Lipinski definition) is 2. The van der Waals surface area contributed by atoms with Crippen LogP contribution in [0, 0.1) is 11.6 Å². The van der Waals surface area contributed by atoms with Crippen LogP contribution in [0.25, 0.3) is 16.9 Å². The Morgan fingerprint density at radius 2 is 1.39 bits per heavy atom. The van der Waals surface area contributed by atoms with Crippen LogP contribution >= 0.6 is 0 Å². The first-order valence-electron chi connectivity index (χ1n) is 9.29. The van der Waals surface area contributed by atoms with Crippen LogP contribution in [-0.4, -0.2) is 21.6 Å². The Kier molecular flexibility index (Phi) is 5.53. The zero-order valence-electron chi connectivity index (χ0n) is 16.0. The summed E-state index contributed by atoms with van der Waals surface area (Å²) in [6, 6.07) is 20.9. The molecule has 0 aliphatic carbocycles. The molecule has 0 atom stereocenters. The molecule has 0 aliphatic rings. The topological polar surface area (TPSA) is 76.0 Å². The molecule has 6 nitrogen and oxygen atoms in total. The summed E-state index contributed by atoms with van der Waals surface area (Å²) in [6.45, 7) is 0. The molecule has 0 spiro atoms. The third-order valence-corrected chi connectivity index (χ3v) is 4.49. The van der Waals surface area contributed by atoms with E-state index in [1.54, 1.807) is 16.8 Å². The number of nitrogens with zero attached hydrogens (tertiary/aromatic N) is 2. The lowest BCUT2D eigenvalue weighted by atomic mass is 10.1. The van der Waals surface area contributed by atoms with Gasteiger partial charge in [-0.15, -0.1) is 0 Å². The van der Waals surface area contributed by atoms with Crippen molar-refractivity contribution in [3.05, 3.63) is 108 Å². The van der Waals surface area contributed by atoms with Crippen molar-refractivity contribution in [3.8, 4) is 16.9 Å². The third kappa shape index (κ3) is 4.32. The SMILES string of the molecule is O=C(NNC(=O)c1cn(-c2ccccc2)nc1-c1ccccc1)c1ccc(F)cc1F. The Morgan fingerprint density at radius 3 is 2.03 bits per heavy atom. The van der Waals surface area contributed by atoms with E-state index < -0.39 is 29.0 Å². The van der Waals surface area contributed by atoms with E-state index in [0.29, 0.717) is 17.3 Å². The third-order valence-electron chi connectivity index (χ3n) is 4.49. The van der Waals surface area contributed by atoms with Gasteiger partial charge in [-0.1, -0.05) is 48.5 Å². The molecule has 4 rings (SSSR count). The van der Waals surface area contributed by atoms with Crippen LogP contribution in [-0.2, 0) is 0 Å². The van der Waals surface area contributed by atoms with E-state index >= 15 is 0 Å². The van der Waals surface area contributed by atoms with Gasteiger partial charge in [0.25, 0.3) is 11.8 Å². The summed E-state index contributed by atoms with van der Waals surface area (Å²) in [5.41, 5.74) is 6.07. The number of rotatable bonds is 4. The number of carbonyl (C=O) groups is 2. The Morgan fingerprint density at radius 1 is 0.774 bits per heavy atom. The number of nitrogens with one attached hydrogen (secondary N) is 2. The highest BCUT2D eigenvalue weighted by Crippen LogP contribution is 2.23. The molecule has 1 heterocycles. The van der Waals surface area contributed by atoms with Gasteiger partial charge in [0.1, 0.15) is 17.3 Å². The summed E-state index contributed by atoms with van der Waals surface area (Å²) in [5, 5.41) is 4.52. The number of hydrazine groups is 1. The lowest BCUT2D eigenvalue weighted by molar-refractivity contribution is 0.0844. The van der Waals surface area contributed by atoms with Gasteiger partial charge >= 0.3 is 0 Å². The zero-order valence-corrected chi connectivity index (χ0v) is 16.0. The van der Waals surface area contributed by atoms with Crippen LogP contribution in [0.1, 0.15) is 20.7 Å². The number of halogens is 2. The van der Waals surface area contributed by atoms with E-state index in [0.717, 1.165) is 17.8 Å². The van der Waals surface area contributed by atoms with Gasteiger partial charge < -0.3 is 0 Å². The summed E-state index contributed by atoms with van der Waals surface area (Å²) in [7, 11) is 0. The van der Waals surface area contributed by atoms with Crippen LogP contribution in [0.3, 0.4) is 0 Å². The van der Waals surface area contributed by atoms with Gasteiger partial charge in [-0.2, -0.15) is 5.10 Å². The minimum absolute atomic E-state index is 0.204. The first-order chi connectivity index (χ1) is 15.0. The summed E-state index contributed by atoms with van der Waals surface area (Å²) in [5.74, 6) is -3.40. The highest BCUT2D eigenvalue weighted by molar-refractivity contribution is 6.02. The molecule has 3 aromatic carbocycles. The van der Waals surface area contributed by atoms with Crippen LogP contribution in [0.15, 0.2) is 85.1 Å². The average Bonchev–Trinajstić information content (AvgIpc) is 3.24. The molecule has 0 fully saturated rings. The van der Waals surface area contributed by atoms with E-state index in [1.807, 2.05) is 48.5 Å². The van der Waals surface area contributed by atoms with Crippen molar-refractivity contribution in [1.82, 2.24) is 20.6 Å². The number of carbonyl (C=O) groups excluding carboxylic acids is 2. The molecule has 2 amide bonds. The van der Waals surface area contributed by atoms with Crippen molar-refractivity contribution in [1.29, 1.82) is 0 Å². The zero-order chi connectivity index (χ0) is 21.8. The van der Waals surface area contributed by atoms with Crippen LogP contribution in [0.2, 0.25) is 0 Å². The molecule has 0 aliphatic heterocycles. The smallest absolute Gasteiger partial charge is 0.267 e. The van der Waals surface area contributed by atoms with Crippen molar-refractivity contribution < 1.29 is 18.4 Å². The van der Waals surface area contributed by atoms with Gasteiger partial charge in [0.2, 0.25) is 0 Å². The van der Waals surface area contributed by atoms with Crippen LogP contribution in [0.5, 0.6) is 0 Å². The lowest BCUT2D eigenvalue weighted by Crippen LogP contribution is -2.42. The molecule has 8 heteroatoms. The monoisotopic (exact) mass is 418 g/mol. The minimum Gasteiger partial charge on any atom is -0.267 e. The second-order valence-electron chi connectivity index (χ2n) is 6.57. The van der Waals surface area contributed by atoms with Gasteiger partial charge in [-0.25, -0.2) is 13.5 Å². The van der Waals surface area contributed by atoms with Gasteiger partial charge in [0, 0.05) is 17.8 Å². The molecule has 154 valence electrons. The lowest BCUT2D eigenvalue weighted by Gasteiger charge is -2.08. The fourth-order valence-electron chi connectivity index (χ4n) is 2.98. The van der Waals surface area contributed by atoms with Crippen LogP contribution < -0.4 is 10.9 Å². The molecule has 2 N–H and O–H groups in total. The summed E-state index contributed by atoms with van der Waals surface area (Å²) in [6.07, 6.45) is 1.54. The maximum atomic E-state index is 13.8. The van der Waals surface area contributed by atoms with E-state index in [2.05, 4.69) is 16.0 Å². The molecule has 31 heavy (non-hydrogen) atoms. The maximum Gasteiger partial charge on any atom is 0.273 e. The second kappa shape index (κ2) is 8.58. The van der Waals surface area contributed by atoms with Gasteiger partial charge in [0.05, 0.1) is 16.8 Å². The predicted octanol–water partition coefficient (Wildman–Crippen LogP) is 3.89. The average molecular weight is 418 g/mol. The van der Waals surface area contributed by atoms with E-state index in [9.17, 15) is 18.4 Å². The van der Waals surface area contributed by atoms with Crippen molar-refractivity contribution in [3.63, 3.8) is 0 Å². The predicted molar refractivity (Wildman–Crippen MR) is 110 cm³/mol. The van der Waals surface area contributed by atoms with E-state index in [1.165, 1.54) is 6.20 Å². The molecule has 0 saturated carbocycles. The van der Waals surface area contributed by atoms with Gasteiger partial charge in [0.15, 0.2) is 0 Å². The molecule has 1 aromatic heterocycles. The largest absolute Gasteiger partial charge is 0.273 e. The number of aromatic nitrogens is 2. The Labute approximate surface area is 176 Å². The molecular weight excluding hydrogens is 402 g/mol. The fourth-order valence-corrected chi connectivity index (χ4v) is 2.98. The first kappa shape index (κ1) is 20.0. The number of benzene rings is 3. The number of amides is 2. The van der Waals surface area contributed by atoms with Crippen molar-refractivity contribution >= 4 is 11.8 Å². The molecule has 0 unspecified atom stereocenters. The van der Waals surface area contributed by atoms with Crippen molar-refractivity contribution in [2.45, 2.75) is 0 Å². The van der Waals surface area contributed by atoms with E-state index in [4.69, 9.17) is 0 Å². The summed E-state index contributed by atoms with van der Waals surface area (Å²) < 4.78 is 28.4. The molecular formula is C23H16F2N4O2. The molecule has 0 saturated heterocycles. The second-order valence-corrected chi connectivity index (χ2v) is 6.57. The van der Waals surface area contributed by atoms with Crippen LogP contribution in [0.4, 0.5) is 8.78 Å². The number of hydrogen-bond acceptors (Lipinski definition) is 3. The fraction of sp³-hybridized carbons (Fsp3) is 0. The maximum absolute atomic E-state index is 13.8. The highest BCUT2D eigenvalue weighted by atomic mass is 19.1. The Bertz CT molecular complexity index is 1240. The standard InChI is InChI=1S/C23H16F2N4O2/c24-16-11-12-18(20(25)13-16)22(30)26-27-23(31)19-14-29(17-9-5-2-6-10-17)28-21(19)15-7-3-1-4-8-15/h1-14H,(H,26,30)(H,27,31). The summed E-state index contributed by atoms with van der Waals surface area (Å²) in [4.78, 5) is 25.0. The van der Waals surface area contributed by atoms with E-state index in [-0.39, 0.29) is 5.56 Å².